The van der Waals surface area contributed by atoms with Gasteiger partial charge in [-0.25, -0.2) is 8.42 Å². The number of rotatable bonds is 5. The monoisotopic (exact) mass is 413 g/mol. The molecule has 1 aromatic carbocycles. The molecule has 8 heteroatoms. The summed E-state index contributed by atoms with van der Waals surface area (Å²) in [7, 11) is -3.08. The Hall–Kier alpha value is -2.87. The van der Waals surface area contributed by atoms with Crippen LogP contribution in [0.3, 0.4) is 0 Å². The zero-order valence-electron chi connectivity index (χ0n) is 16.4. The number of benzene rings is 1. The van der Waals surface area contributed by atoms with Crippen LogP contribution in [0.1, 0.15) is 39.8 Å². The number of sulfone groups is 1. The van der Waals surface area contributed by atoms with Crippen molar-refractivity contribution in [3.63, 3.8) is 0 Å². The summed E-state index contributed by atoms with van der Waals surface area (Å²) < 4.78 is 31.0. The van der Waals surface area contributed by atoms with E-state index in [9.17, 15) is 13.2 Å². The quantitative estimate of drug-likeness (QED) is 0.694. The van der Waals surface area contributed by atoms with E-state index in [0.29, 0.717) is 12.2 Å². The molecule has 0 unspecified atom stereocenters. The van der Waals surface area contributed by atoms with Crippen LogP contribution in [0.2, 0.25) is 0 Å². The third kappa shape index (κ3) is 4.12. The van der Waals surface area contributed by atoms with Crippen LogP contribution in [0.4, 0.5) is 0 Å². The number of nitrogens with one attached hydrogen (secondary N) is 1. The molecule has 1 saturated heterocycles. The van der Waals surface area contributed by atoms with E-state index in [2.05, 4.69) is 10.4 Å². The van der Waals surface area contributed by atoms with Crippen LogP contribution in [0.15, 0.2) is 47.1 Å². The average molecular weight is 413 g/mol. The number of amides is 1. The van der Waals surface area contributed by atoms with Gasteiger partial charge in [-0.2, -0.15) is 5.10 Å². The molecule has 4 rings (SSSR count). The first-order valence-corrected chi connectivity index (χ1v) is 11.3. The first kappa shape index (κ1) is 19.4. The topological polar surface area (TPSA) is 94.2 Å². The van der Waals surface area contributed by atoms with Crippen molar-refractivity contribution in [2.45, 2.75) is 32.9 Å². The second kappa shape index (κ2) is 7.51. The smallest absolute Gasteiger partial charge is 0.272 e. The average Bonchev–Trinajstić information content (AvgIpc) is 3.41. The minimum atomic E-state index is -3.08. The maximum absolute atomic E-state index is 12.7. The van der Waals surface area contributed by atoms with Gasteiger partial charge in [0.2, 0.25) is 0 Å². The van der Waals surface area contributed by atoms with Gasteiger partial charge in [0.1, 0.15) is 5.76 Å². The Morgan fingerprint density at radius 3 is 2.72 bits per heavy atom. The second-order valence-corrected chi connectivity index (χ2v) is 9.71. The molecule has 1 fully saturated rings. The first-order chi connectivity index (χ1) is 13.8. The molecule has 1 aliphatic heterocycles. The van der Waals surface area contributed by atoms with Gasteiger partial charge >= 0.3 is 0 Å². The number of carbonyl (C=O) groups excluding carboxylic acids is 1. The van der Waals surface area contributed by atoms with Crippen LogP contribution < -0.4 is 5.32 Å². The van der Waals surface area contributed by atoms with E-state index in [4.69, 9.17) is 4.42 Å². The Morgan fingerprint density at radius 2 is 2.07 bits per heavy atom. The number of hydrogen-bond acceptors (Lipinski definition) is 5. The highest BCUT2D eigenvalue weighted by Crippen LogP contribution is 2.31. The Bertz CT molecular complexity index is 1150. The predicted octanol–water partition coefficient (Wildman–Crippen LogP) is 3.05. The molecule has 3 heterocycles. The largest absolute Gasteiger partial charge is 0.467 e. The molecule has 1 amide bonds. The standard InChI is InChI=1S/C21H23N3O4S/c1-14-5-6-16(10-15(14)2)20-11-19(21(25)22-12-18-4-3-8-28-18)23-24(20)17-7-9-29(26,27)13-17/h3-6,8,10-11,17H,7,9,12-13H2,1-2H3,(H,22,25)/t17-/m1/s1. The Balaban J connectivity index is 1.68. The summed E-state index contributed by atoms with van der Waals surface area (Å²) in [6.07, 6.45) is 2.05. The van der Waals surface area contributed by atoms with E-state index in [0.717, 1.165) is 16.8 Å². The molecular formula is C21H23N3O4S. The maximum atomic E-state index is 12.7. The highest BCUT2D eigenvalue weighted by atomic mass is 32.2. The number of carbonyl (C=O) groups is 1. The molecule has 1 N–H and O–H groups in total. The highest BCUT2D eigenvalue weighted by Gasteiger charge is 2.32. The van der Waals surface area contributed by atoms with Crippen molar-refractivity contribution in [2.24, 2.45) is 0 Å². The molecule has 0 bridgehead atoms. The van der Waals surface area contributed by atoms with Crippen molar-refractivity contribution in [1.82, 2.24) is 15.1 Å². The molecule has 152 valence electrons. The van der Waals surface area contributed by atoms with Crippen molar-refractivity contribution >= 4 is 15.7 Å². The van der Waals surface area contributed by atoms with Crippen molar-refractivity contribution in [3.05, 3.63) is 65.2 Å². The van der Waals surface area contributed by atoms with Gasteiger partial charge in [0.25, 0.3) is 5.91 Å². The molecule has 0 spiro atoms. The second-order valence-electron chi connectivity index (χ2n) is 7.48. The zero-order valence-corrected chi connectivity index (χ0v) is 17.2. The fraction of sp³-hybridized carbons (Fsp3) is 0.333. The predicted molar refractivity (Wildman–Crippen MR) is 109 cm³/mol. The van der Waals surface area contributed by atoms with Crippen LogP contribution in [-0.2, 0) is 16.4 Å². The van der Waals surface area contributed by atoms with Crippen LogP contribution in [0.5, 0.6) is 0 Å². The molecule has 7 nitrogen and oxygen atoms in total. The summed E-state index contributed by atoms with van der Waals surface area (Å²) in [6, 6.07) is 11.0. The molecule has 0 radical (unpaired) electrons. The van der Waals surface area contributed by atoms with Gasteiger partial charge in [-0.05, 0) is 55.7 Å². The lowest BCUT2D eigenvalue weighted by Gasteiger charge is -2.14. The van der Waals surface area contributed by atoms with Crippen LogP contribution in [0.25, 0.3) is 11.3 Å². The fourth-order valence-electron chi connectivity index (χ4n) is 3.54. The Kier molecular flexibility index (Phi) is 5.04. The van der Waals surface area contributed by atoms with E-state index in [1.807, 2.05) is 32.0 Å². The molecule has 0 saturated carbocycles. The highest BCUT2D eigenvalue weighted by molar-refractivity contribution is 7.91. The van der Waals surface area contributed by atoms with E-state index >= 15 is 0 Å². The van der Waals surface area contributed by atoms with Crippen molar-refractivity contribution < 1.29 is 17.6 Å². The molecule has 29 heavy (non-hydrogen) atoms. The van der Waals surface area contributed by atoms with Gasteiger partial charge in [-0.15, -0.1) is 0 Å². The van der Waals surface area contributed by atoms with E-state index in [-0.39, 0.29) is 35.7 Å². The number of aryl methyl sites for hydroxylation is 2. The number of furan rings is 1. The molecule has 2 aromatic heterocycles. The van der Waals surface area contributed by atoms with E-state index in [1.165, 1.54) is 5.56 Å². The molecule has 1 atom stereocenters. The number of aromatic nitrogens is 2. The summed E-state index contributed by atoms with van der Waals surface area (Å²) in [5, 5.41) is 7.29. The van der Waals surface area contributed by atoms with Crippen LogP contribution in [0, 0.1) is 13.8 Å². The fourth-order valence-corrected chi connectivity index (χ4v) is 5.23. The van der Waals surface area contributed by atoms with Crippen LogP contribution >= 0.6 is 0 Å². The lowest BCUT2D eigenvalue weighted by atomic mass is 10.0. The normalized spacial score (nSPS) is 18.1. The van der Waals surface area contributed by atoms with Gasteiger partial charge in [-0.1, -0.05) is 12.1 Å². The van der Waals surface area contributed by atoms with Gasteiger partial charge in [-0.3, -0.25) is 9.48 Å². The third-order valence-corrected chi connectivity index (χ3v) is 7.08. The van der Waals surface area contributed by atoms with Crippen molar-refractivity contribution in [2.75, 3.05) is 11.5 Å². The lowest BCUT2D eigenvalue weighted by molar-refractivity contribution is 0.0942. The first-order valence-electron chi connectivity index (χ1n) is 9.50. The minimum absolute atomic E-state index is 0.0416. The van der Waals surface area contributed by atoms with Gasteiger partial charge in [0, 0.05) is 5.56 Å². The summed E-state index contributed by atoms with van der Waals surface area (Å²) in [4.78, 5) is 12.7. The van der Waals surface area contributed by atoms with E-state index < -0.39 is 9.84 Å². The SMILES string of the molecule is Cc1ccc(-c2cc(C(=O)NCc3ccco3)nn2[C@@H]2CCS(=O)(=O)C2)cc1C. The lowest BCUT2D eigenvalue weighted by Crippen LogP contribution is -2.23. The molecule has 3 aromatic rings. The van der Waals surface area contributed by atoms with Crippen LogP contribution in [-0.4, -0.2) is 35.6 Å². The van der Waals surface area contributed by atoms with Gasteiger partial charge in [0.05, 0.1) is 36.0 Å². The molecule has 1 aliphatic rings. The van der Waals surface area contributed by atoms with Crippen molar-refractivity contribution in [1.29, 1.82) is 0 Å². The zero-order chi connectivity index (χ0) is 20.6. The minimum Gasteiger partial charge on any atom is -0.467 e. The van der Waals surface area contributed by atoms with Gasteiger partial charge < -0.3 is 9.73 Å². The third-order valence-electron chi connectivity index (χ3n) is 5.33. The number of hydrogen-bond donors (Lipinski definition) is 1. The summed E-state index contributed by atoms with van der Waals surface area (Å²) in [6.45, 7) is 4.32. The summed E-state index contributed by atoms with van der Waals surface area (Å²) >= 11 is 0. The molecule has 0 aliphatic carbocycles. The Labute approximate surface area is 169 Å². The van der Waals surface area contributed by atoms with E-state index in [1.54, 1.807) is 29.1 Å². The Morgan fingerprint density at radius 1 is 1.24 bits per heavy atom. The van der Waals surface area contributed by atoms with Crippen molar-refractivity contribution in [3.8, 4) is 11.3 Å². The number of nitrogens with zero attached hydrogens (tertiary/aromatic N) is 2. The van der Waals surface area contributed by atoms with Gasteiger partial charge in [0.15, 0.2) is 15.5 Å². The maximum Gasteiger partial charge on any atom is 0.272 e. The summed E-state index contributed by atoms with van der Waals surface area (Å²) in [5.41, 5.74) is 4.21. The molecular weight excluding hydrogens is 390 g/mol. The summed E-state index contributed by atoms with van der Waals surface area (Å²) in [5.74, 6) is 0.504.